The van der Waals surface area contributed by atoms with Crippen molar-refractivity contribution in [3.05, 3.63) is 5.48 Å². The molecule has 0 aliphatic rings. The van der Waals surface area contributed by atoms with E-state index in [1.54, 1.807) is 0 Å². The van der Waals surface area contributed by atoms with Gasteiger partial charge in [-0.25, -0.2) is 0 Å². The summed E-state index contributed by atoms with van der Waals surface area (Å²) in [7, 11) is 0. The van der Waals surface area contributed by atoms with Crippen molar-refractivity contribution in [3.63, 3.8) is 0 Å². The maximum absolute atomic E-state index is 5.78. The Morgan fingerprint density at radius 3 is 1.42 bits per heavy atom. The van der Waals surface area contributed by atoms with E-state index in [4.69, 9.17) is 16.3 Å². The maximum Gasteiger partial charge on any atom is 1.00 e. The zero-order valence-electron chi connectivity index (χ0n) is 38.0. The molecule has 0 spiro atoms. The van der Waals surface area contributed by atoms with Crippen LogP contribution in [0.5, 0.6) is 0 Å². The molecule has 0 saturated carbocycles. The van der Waals surface area contributed by atoms with Gasteiger partial charge in [0.05, 0.1) is 0 Å². The van der Waals surface area contributed by atoms with E-state index in [2.05, 4.69) is 59.3 Å². The monoisotopic (exact) mass is 768 g/mol. The van der Waals surface area contributed by atoms with E-state index >= 15 is 0 Å². The standard InChI is InChI=1S/C32H67N2O.C11H26N2.C2H6.K.H3N/c1-7-8-17-28(2)20-15-21-29(3)18-12-13-19-30(4)22-16-23-31(5)25-27-35-34-26-14-10-9-11-24-32(6)33;1-2-3-4-5-6-7-10-13-11-8-9-12;1-2;;/h28-32H,7-27,33H2,1-6H3;13H,2-12H2,1H3;1-2H3;;1H3/q-1;;;+1;. The van der Waals surface area contributed by atoms with Crippen LogP contribution in [0, 0.1) is 23.7 Å². The zero-order valence-corrected chi connectivity index (χ0v) is 41.1. The van der Waals surface area contributed by atoms with Crippen molar-refractivity contribution < 1.29 is 56.2 Å². The Labute approximate surface area is 373 Å². The zero-order chi connectivity index (χ0) is 37.9. The van der Waals surface area contributed by atoms with Gasteiger partial charge in [0.15, 0.2) is 0 Å². The fourth-order valence-corrected chi connectivity index (χ4v) is 6.51. The largest absolute Gasteiger partial charge is 1.00 e. The van der Waals surface area contributed by atoms with Crippen molar-refractivity contribution in [1.29, 1.82) is 0 Å². The van der Waals surface area contributed by atoms with Gasteiger partial charge in [-0.15, -0.1) is 6.54 Å². The Balaban J connectivity index is -0.000000365. The quantitative estimate of drug-likeness (QED) is 0.0285. The van der Waals surface area contributed by atoms with Gasteiger partial charge in [0.2, 0.25) is 0 Å². The normalized spacial score (nSPS) is 13.7. The predicted molar refractivity (Wildman–Crippen MR) is 234 cm³/mol. The average molecular weight is 768 g/mol. The molecule has 7 heteroatoms. The van der Waals surface area contributed by atoms with Crippen molar-refractivity contribution in [2.75, 3.05) is 32.8 Å². The minimum absolute atomic E-state index is 0. The molecule has 52 heavy (non-hydrogen) atoms. The summed E-state index contributed by atoms with van der Waals surface area (Å²) in [6, 6.07) is 0.343. The fraction of sp³-hybridized carbons (Fsp3) is 1.00. The van der Waals surface area contributed by atoms with E-state index in [0.717, 1.165) is 75.6 Å². The van der Waals surface area contributed by atoms with Crippen LogP contribution in [0.4, 0.5) is 0 Å². The molecule has 0 aromatic heterocycles. The first-order chi connectivity index (χ1) is 24.3. The molecule has 5 atom stereocenters. The molecule has 0 bridgehead atoms. The second kappa shape index (κ2) is 54.5. The Morgan fingerprint density at radius 2 is 0.904 bits per heavy atom. The fourth-order valence-electron chi connectivity index (χ4n) is 6.51. The average Bonchev–Trinajstić information content (AvgIpc) is 3.10. The molecule has 0 aliphatic heterocycles. The van der Waals surface area contributed by atoms with E-state index in [1.165, 1.54) is 148 Å². The van der Waals surface area contributed by atoms with Gasteiger partial charge in [-0.1, -0.05) is 197 Å². The van der Waals surface area contributed by atoms with Crippen LogP contribution >= 0.6 is 0 Å². The summed E-state index contributed by atoms with van der Waals surface area (Å²) < 4.78 is 0. The van der Waals surface area contributed by atoms with Crippen molar-refractivity contribution in [1.82, 2.24) is 11.5 Å². The summed E-state index contributed by atoms with van der Waals surface area (Å²) in [6.45, 7) is 25.1. The number of nitrogens with zero attached hydrogens (tertiary/aromatic N) is 1. The van der Waals surface area contributed by atoms with Crippen molar-refractivity contribution in [2.24, 2.45) is 35.1 Å². The van der Waals surface area contributed by atoms with E-state index in [1.807, 2.05) is 13.8 Å². The van der Waals surface area contributed by atoms with Gasteiger partial charge < -0.3 is 33.3 Å². The molecule has 0 rings (SSSR count). The van der Waals surface area contributed by atoms with E-state index in [-0.39, 0.29) is 57.5 Å². The minimum atomic E-state index is 0. The molecule has 0 saturated heterocycles. The third kappa shape index (κ3) is 58.1. The number of rotatable bonds is 37. The summed E-state index contributed by atoms with van der Waals surface area (Å²) in [4.78, 5) is 5.52. The molecule has 0 radical (unpaired) electrons. The maximum atomic E-state index is 5.78. The second-order valence-corrected chi connectivity index (χ2v) is 16.0. The second-order valence-electron chi connectivity index (χ2n) is 16.0. The molecule has 0 amide bonds. The molecule has 0 aromatic rings. The van der Waals surface area contributed by atoms with Gasteiger partial charge in [0, 0.05) is 12.6 Å². The molecule has 0 aliphatic carbocycles. The molecule has 0 fully saturated rings. The van der Waals surface area contributed by atoms with Crippen LogP contribution in [0.1, 0.15) is 229 Å². The Kier molecular flexibility index (Phi) is 65.6. The summed E-state index contributed by atoms with van der Waals surface area (Å²) >= 11 is 0. The first kappa shape index (κ1) is 62.6. The number of hydrogen-bond donors (Lipinski definition) is 4. The predicted octanol–water partition coefficient (Wildman–Crippen LogP) is 11.1. The van der Waals surface area contributed by atoms with Gasteiger partial charge in [0.1, 0.15) is 0 Å². The Bertz CT molecular complexity index is 576. The topological polar surface area (TPSA) is 122 Å². The summed E-state index contributed by atoms with van der Waals surface area (Å²) in [6.07, 6.45) is 34.9. The first-order valence-electron chi connectivity index (χ1n) is 22.7. The van der Waals surface area contributed by atoms with Crippen molar-refractivity contribution in [3.8, 4) is 0 Å². The van der Waals surface area contributed by atoms with Gasteiger partial charge in [0.25, 0.3) is 0 Å². The summed E-state index contributed by atoms with van der Waals surface area (Å²) in [5.41, 5.74) is 15.4. The molecular weight excluding hydrogens is 666 g/mol. The molecule has 0 aromatic carbocycles. The van der Waals surface area contributed by atoms with Crippen LogP contribution in [-0.2, 0) is 4.84 Å². The van der Waals surface area contributed by atoms with Crippen LogP contribution in [0.2, 0.25) is 0 Å². The first-order valence-corrected chi connectivity index (χ1v) is 22.7. The summed E-state index contributed by atoms with van der Waals surface area (Å²) in [5.74, 6) is 3.49. The van der Waals surface area contributed by atoms with Crippen LogP contribution in [0.15, 0.2) is 0 Å². The third-order valence-corrected chi connectivity index (χ3v) is 10.2. The SMILES string of the molecule is CC.CCCCC(C)CCCC(C)CCCCC(C)CCCC(C)CCO[N-]CCCCCCC(C)N.CCCCCCCCNCCCN.N.[K+]. The van der Waals surface area contributed by atoms with E-state index in [9.17, 15) is 0 Å². The smallest absolute Gasteiger partial charge is 0.534 e. The van der Waals surface area contributed by atoms with Crippen LogP contribution < -0.4 is 74.3 Å². The number of nitrogens with one attached hydrogen (secondary N) is 1. The molecule has 0 heterocycles. The minimum Gasteiger partial charge on any atom is -0.534 e. The van der Waals surface area contributed by atoms with Crippen LogP contribution in [-0.4, -0.2) is 38.8 Å². The van der Waals surface area contributed by atoms with E-state index in [0.29, 0.717) is 6.04 Å². The number of unbranched alkanes of at least 4 members (excludes halogenated alkanes) is 10. The van der Waals surface area contributed by atoms with Gasteiger partial charge in [-0.05, 0) is 75.9 Å². The number of hydroxylamine groups is 1. The van der Waals surface area contributed by atoms with E-state index < -0.39 is 0 Å². The Morgan fingerprint density at radius 1 is 0.500 bits per heavy atom. The molecule has 314 valence electrons. The van der Waals surface area contributed by atoms with Crippen LogP contribution in [0.3, 0.4) is 0 Å². The van der Waals surface area contributed by atoms with Gasteiger partial charge in [-0.2, -0.15) is 0 Å². The third-order valence-electron chi connectivity index (χ3n) is 10.2. The number of hydrogen-bond acceptors (Lipinski definition) is 5. The van der Waals surface area contributed by atoms with Crippen LogP contribution in [0.25, 0.3) is 5.48 Å². The molecule has 8 N–H and O–H groups in total. The Hall–Kier alpha value is 1.40. The van der Waals surface area contributed by atoms with Gasteiger partial charge >= 0.3 is 51.4 Å². The molecule has 5 unspecified atom stereocenters. The molecular formula is C45H102KN5O. The van der Waals surface area contributed by atoms with Gasteiger partial charge in [-0.3, -0.25) is 0 Å². The van der Waals surface area contributed by atoms with Crippen molar-refractivity contribution in [2.45, 2.75) is 235 Å². The van der Waals surface area contributed by atoms with Crippen molar-refractivity contribution >= 4 is 0 Å². The molecule has 6 nitrogen and oxygen atoms in total. The summed E-state index contributed by atoms with van der Waals surface area (Å²) in [5, 5.41) is 3.40. The number of nitrogens with two attached hydrogens (primary N) is 2.